The molecule has 114 valence electrons. The Morgan fingerprint density at radius 3 is 2.76 bits per heavy atom. The van der Waals surface area contributed by atoms with Gasteiger partial charge in [0, 0.05) is 24.6 Å². The number of hydrogen-bond acceptors (Lipinski definition) is 4. The van der Waals surface area contributed by atoms with Gasteiger partial charge in [0.05, 0.1) is 6.54 Å². The summed E-state index contributed by atoms with van der Waals surface area (Å²) in [7, 11) is 0. The summed E-state index contributed by atoms with van der Waals surface area (Å²) in [4.78, 5) is 12.3. The molecule has 1 saturated heterocycles. The Kier molecular flexibility index (Phi) is 4.66. The Balaban J connectivity index is 2.20. The average Bonchev–Trinajstić information content (AvgIpc) is 2.84. The molecule has 0 spiro atoms. The molecule has 3 N–H and O–H groups in total. The minimum atomic E-state index is -2.79. The number of hydroxylamine groups is 1. The van der Waals surface area contributed by atoms with E-state index in [0.717, 1.165) is 6.08 Å². The minimum absolute atomic E-state index is 0.101. The molecule has 0 bridgehead atoms. The van der Waals surface area contributed by atoms with Crippen molar-refractivity contribution in [3.63, 3.8) is 0 Å². The fourth-order valence-corrected chi connectivity index (χ4v) is 2.27. The molecule has 1 aliphatic rings. The van der Waals surface area contributed by atoms with Crippen LogP contribution >= 0.6 is 0 Å². The number of aliphatic hydroxyl groups is 1. The van der Waals surface area contributed by atoms with E-state index in [0.29, 0.717) is 11.1 Å². The van der Waals surface area contributed by atoms with E-state index in [1.54, 1.807) is 24.3 Å². The smallest absolute Gasteiger partial charge is 0.267 e. The van der Waals surface area contributed by atoms with Crippen LogP contribution in [0.15, 0.2) is 30.3 Å². The van der Waals surface area contributed by atoms with E-state index >= 15 is 0 Å². The zero-order valence-corrected chi connectivity index (χ0v) is 11.2. The lowest BCUT2D eigenvalue weighted by Gasteiger charge is -2.24. The van der Waals surface area contributed by atoms with Gasteiger partial charge in [-0.15, -0.1) is 0 Å². The van der Waals surface area contributed by atoms with Crippen molar-refractivity contribution in [3.05, 3.63) is 41.5 Å². The second kappa shape index (κ2) is 6.30. The summed E-state index contributed by atoms with van der Waals surface area (Å²) in [6.45, 7) is -0.396. The van der Waals surface area contributed by atoms with E-state index in [1.165, 1.54) is 16.5 Å². The molecule has 1 atom stereocenters. The molecular weight excluding hydrogens is 282 g/mol. The van der Waals surface area contributed by atoms with Gasteiger partial charge in [0.25, 0.3) is 11.8 Å². The zero-order chi connectivity index (χ0) is 15.5. The first kappa shape index (κ1) is 15.6. The normalized spacial score (nSPS) is 19.8. The van der Waals surface area contributed by atoms with Gasteiger partial charge in [0.1, 0.15) is 6.23 Å². The maximum absolute atomic E-state index is 13.2. The fraction of sp³-hybridized carbons (Fsp3) is 0.357. The van der Waals surface area contributed by atoms with Crippen LogP contribution in [0.25, 0.3) is 6.08 Å². The van der Waals surface area contributed by atoms with Crippen LogP contribution < -0.4 is 5.48 Å². The second-order valence-electron chi connectivity index (χ2n) is 4.89. The van der Waals surface area contributed by atoms with Gasteiger partial charge in [-0.1, -0.05) is 24.3 Å². The molecule has 5 nitrogen and oxygen atoms in total. The largest absolute Gasteiger partial charge is 0.374 e. The summed E-state index contributed by atoms with van der Waals surface area (Å²) in [6.07, 6.45) is 1.04. The molecular formula is C14H16F2N2O3. The third-order valence-corrected chi connectivity index (χ3v) is 3.34. The van der Waals surface area contributed by atoms with Crippen LogP contribution in [0.1, 0.15) is 23.8 Å². The Bertz CT molecular complexity index is 549. The predicted octanol–water partition coefficient (Wildman–Crippen LogP) is 1.54. The molecule has 0 aliphatic carbocycles. The molecule has 1 aliphatic heterocycles. The van der Waals surface area contributed by atoms with Crippen molar-refractivity contribution < 1.29 is 23.9 Å². The van der Waals surface area contributed by atoms with Crippen molar-refractivity contribution in [3.8, 4) is 0 Å². The number of benzene rings is 1. The number of carbonyl (C=O) groups is 1. The monoisotopic (exact) mass is 298 g/mol. The Morgan fingerprint density at radius 2 is 2.14 bits per heavy atom. The minimum Gasteiger partial charge on any atom is -0.374 e. The van der Waals surface area contributed by atoms with Crippen LogP contribution in [0, 0.1) is 0 Å². The summed E-state index contributed by atoms with van der Waals surface area (Å²) >= 11 is 0. The topological polar surface area (TPSA) is 72.8 Å². The summed E-state index contributed by atoms with van der Waals surface area (Å²) in [5, 5.41) is 18.7. The highest BCUT2D eigenvalue weighted by atomic mass is 19.3. The second-order valence-corrected chi connectivity index (χ2v) is 4.89. The van der Waals surface area contributed by atoms with E-state index in [1.807, 2.05) is 0 Å². The molecule has 1 heterocycles. The Morgan fingerprint density at radius 1 is 1.43 bits per heavy atom. The van der Waals surface area contributed by atoms with E-state index in [2.05, 4.69) is 0 Å². The number of amides is 1. The Hall–Kier alpha value is -1.83. The van der Waals surface area contributed by atoms with Crippen LogP contribution in [-0.2, 0) is 4.79 Å². The molecule has 1 unspecified atom stereocenters. The molecule has 0 aromatic heterocycles. The van der Waals surface area contributed by atoms with E-state index in [-0.39, 0.29) is 13.0 Å². The number of rotatable bonds is 4. The maximum atomic E-state index is 13.2. The molecule has 1 fully saturated rings. The third kappa shape index (κ3) is 3.84. The molecule has 2 rings (SSSR count). The SMILES string of the molecule is O=C(/C=C/c1ccccc1C(O)N1CCC(F)(F)C1)NO. The van der Waals surface area contributed by atoms with Gasteiger partial charge >= 0.3 is 0 Å². The van der Waals surface area contributed by atoms with E-state index < -0.39 is 24.6 Å². The van der Waals surface area contributed by atoms with Crippen LogP contribution in [0.2, 0.25) is 0 Å². The number of hydrogen-bond donors (Lipinski definition) is 3. The van der Waals surface area contributed by atoms with Crippen molar-refractivity contribution in [2.24, 2.45) is 0 Å². The lowest BCUT2D eigenvalue weighted by molar-refractivity contribution is -0.124. The molecule has 1 aromatic rings. The van der Waals surface area contributed by atoms with Gasteiger partial charge in [-0.25, -0.2) is 14.3 Å². The van der Waals surface area contributed by atoms with E-state index in [9.17, 15) is 18.7 Å². The van der Waals surface area contributed by atoms with Crippen LogP contribution in [-0.4, -0.2) is 40.1 Å². The summed E-state index contributed by atoms with van der Waals surface area (Å²) in [5.41, 5.74) is 2.40. The van der Waals surface area contributed by atoms with Gasteiger partial charge in [-0.2, -0.15) is 0 Å². The first-order chi connectivity index (χ1) is 9.93. The number of nitrogens with one attached hydrogen (secondary N) is 1. The van der Waals surface area contributed by atoms with E-state index in [4.69, 9.17) is 5.21 Å². The Labute approximate surface area is 120 Å². The van der Waals surface area contributed by atoms with Gasteiger partial charge < -0.3 is 5.11 Å². The third-order valence-electron chi connectivity index (χ3n) is 3.34. The predicted molar refractivity (Wildman–Crippen MR) is 71.5 cm³/mol. The average molecular weight is 298 g/mol. The quantitative estimate of drug-likeness (QED) is 0.448. The van der Waals surface area contributed by atoms with Crippen molar-refractivity contribution >= 4 is 12.0 Å². The molecule has 21 heavy (non-hydrogen) atoms. The van der Waals surface area contributed by atoms with Gasteiger partial charge in [0.15, 0.2) is 0 Å². The van der Waals surface area contributed by atoms with Crippen molar-refractivity contribution in [2.45, 2.75) is 18.6 Å². The molecule has 0 saturated carbocycles. The molecule has 7 heteroatoms. The van der Waals surface area contributed by atoms with Crippen molar-refractivity contribution in [1.82, 2.24) is 10.4 Å². The highest BCUT2D eigenvalue weighted by Gasteiger charge is 2.41. The summed E-state index contributed by atoms with van der Waals surface area (Å²) in [5.74, 6) is -3.50. The van der Waals surface area contributed by atoms with Crippen LogP contribution in [0.3, 0.4) is 0 Å². The highest BCUT2D eigenvalue weighted by Crippen LogP contribution is 2.33. The summed E-state index contributed by atoms with van der Waals surface area (Å²) < 4.78 is 26.4. The molecule has 1 amide bonds. The van der Waals surface area contributed by atoms with Crippen molar-refractivity contribution in [1.29, 1.82) is 0 Å². The number of aliphatic hydroxyl groups excluding tert-OH is 1. The first-order valence-electron chi connectivity index (χ1n) is 6.44. The van der Waals surface area contributed by atoms with Crippen molar-refractivity contribution in [2.75, 3.05) is 13.1 Å². The first-order valence-corrected chi connectivity index (χ1v) is 6.44. The molecule has 1 aromatic carbocycles. The number of nitrogens with zero attached hydrogens (tertiary/aromatic N) is 1. The number of alkyl halides is 2. The fourth-order valence-electron chi connectivity index (χ4n) is 2.27. The lowest BCUT2D eigenvalue weighted by Crippen LogP contribution is -2.29. The number of halogens is 2. The standard InChI is InChI=1S/C14H16F2N2O3/c15-14(16)7-8-18(9-14)13(20)11-4-2-1-3-10(11)5-6-12(19)17-21/h1-6,13,20-21H,7-9H2,(H,17,19)/b6-5+. The van der Waals surface area contributed by atoms with Gasteiger partial charge in [-0.05, 0) is 11.6 Å². The highest BCUT2D eigenvalue weighted by molar-refractivity contribution is 5.91. The maximum Gasteiger partial charge on any atom is 0.267 e. The van der Waals surface area contributed by atoms with Crippen LogP contribution in [0.5, 0.6) is 0 Å². The van der Waals surface area contributed by atoms with Gasteiger partial charge in [0.2, 0.25) is 0 Å². The lowest BCUT2D eigenvalue weighted by atomic mass is 10.0. The summed E-state index contributed by atoms with van der Waals surface area (Å²) in [6, 6.07) is 6.63. The number of likely N-dealkylation sites (tertiary alicyclic amines) is 1. The van der Waals surface area contributed by atoms with Gasteiger partial charge in [-0.3, -0.25) is 14.9 Å². The zero-order valence-electron chi connectivity index (χ0n) is 11.2. The van der Waals surface area contributed by atoms with Crippen LogP contribution in [0.4, 0.5) is 8.78 Å². The number of carbonyl (C=O) groups excluding carboxylic acids is 1. The molecule has 0 radical (unpaired) electrons.